The summed E-state index contributed by atoms with van der Waals surface area (Å²) in [6.45, 7) is 0. The van der Waals surface area contributed by atoms with Crippen molar-refractivity contribution in [2.45, 2.75) is 0 Å². The Hall–Kier alpha value is -4.00. The third-order valence-corrected chi connectivity index (χ3v) is 3.83. The van der Waals surface area contributed by atoms with Gasteiger partial charge in [-0.1, -0.05) is 24.3 Å². The van der Waals surface area contributed by atoms with E-state index in [2.05, 4.69) is 20.4 Å². The van der Waals surface area contributed by atoms with Crippen LogP contribution in [0.2, 0.25) is 0 Å². The largest absolute Gasteiger partial charge is 0.465 e. The van der Waals surface area contributed by atoms with Crippen LogP contribution >= 0.6 is 0 Å². The number of para-hydroxylation sites is 1. The molecule has 3 aromatic rings. The van der Waals surface area contributed by atoms with Crippen LogP contribution in [0.15, 0.2) is 72.9 Å². The number of benzene rings is 2. The first kappa shape index (κ1) is 18.8. The summed E-state index contributed by atoms with van der Waals surface area (Å²) in [6, 6.07) is 18.2. The molecule has 0 radical (unpaired) electrons. The molecule has 0 aliphatic carbocycles. The number of aromatic nitrogens is 1. The molecule has 2 amide bonds. The minimum atomic E-state index is -0.506. The Bertz CT molecular complexity index is 1020. The number of rotatable bonds is 5. The van der Waals surface area contributed by atoms with E-state index < -0.39 is 11.9 Å². The number of carbonyl (C=O) groups excluding carboxylic acids is 3. The third-order valence-electron chi connectivity index (χ3n) is 3.83. The van der Waals surface area contributed by atoms with E-state index in [1.807, 2.05) is 18.2 Å². The van der Waals surface area contributed by atoms with E-state index in [9.17, 15) is 14.4 Å². The number of hydrogen-bond acceptors (Lipinski definition) is 5. The Kier molecular flexibility index (Phi) is 5.76. The van der Waals surface area contributed by atoms with Crippen molar-refractivity contribution in [1.82, 2.24) is 4.98 Å². The van der Waals surface area contributed by atoms with Gasteiger partial charge in [0, 0.05) is 23.1 Å². The van der Waals surface area contributed by atoms with Crippen LogP contribution in [0.5, 0.6) is 0 Å². The molecule has 0 aliphatic rings. The molecule has 7 nitrogen and oxygen atoms in total. The van der Waals surface area contributed by atoms with Crippen molar-refractivity contribution in [3.63, 3.8) is 0 Å². The monoisotopic (exact) mass is 375 g/mol. The summed E-state index contributed by atoms with van der Waals surface area (Å²) in [7, 11) is 1.28. The maximum Gasteiger partial charge on any atom is 0.337 e. The van der Waals surface area contributed by atoms with Gasteiger partial charge in [-0.3, -0.25) is 14.6 Å². The van der Waals surface area contributed by atoms with Crippen LogP contribution < -0.4 is 10.6 Å². The number of nitrogens with zero attached hydrogens (tertiary/aromatic N) is 1. The lowest BCUT2D eigenvalue weighted by Gasteiger charge is -2.08. The van der Waals surface area contributed by atoms with Gasteiger partial charge in [-0.25, -0.2) is 4.79 Å². The Morgan fingerprint density at radius 1 is 0.786 bits per heavy atom. The van der Waals surface area contributed by atoms with Crippen LogP contribution in [0, 0.1) is 0 Å². The zero-order valence-corrected chi connectivity index (χ0v) is 15.0. The lowest BCUT2D eigenvalue weighted by molar-refractivity contribution is 0.0600. The van der Waals surface area contributed by atoms with E-state index in [0.717, 1.165) is 0 Å². The zero-order valence-electron chi connectivity index (χ0n) is 15.0. The van der Waals surface area contributed by atoms with Gasteiger partial charge >= 0.3 is 5.97 Å². The van der Waals surface area contributed by atoms with Gasteiger partial charge in [-0.2, -0.15) is 0 Å². The highest BCUT2D eigenvalue weighted by molar-refractivity contribution is 6.08. The molecule has 1 aromatic heterocycles. The van der Waals surface area contributed by atoms with Crippen molar-refractivity contribution < 1.29 is 19.1 Å². The van der Waals surface area contributed by atoms with Crippen molar-refractivity contribution in [2.24, 2.45) is 0 Å². The van der Waals surface area contributed by atoms with E-state index in [4.69, 9.17) is 0 Å². The van der Waals surface area contributed by atoms with Crippen molar-refractivity contribution in [2.75, 3.05) is 17.7 Å². The summed E-state index contributed by atoms with van der Waals surface area (Å²) in [5.41, 5.74) is 1.74. The van der Waals surface area contributed by atoms with Crippen molar-refractivity contribution in [1.29, 1.82) is 0 Å². The predicted octanol–water partition coefficient (Wildman–Crippen LogP) is 3.37. The number of esters is 1. The molecule has 1 heterocycles. The van der Waals surface area contributed by atoms with Gasteiger partial charge in [0.2, 0.25) is 0 Å². The molecule has 3 rings (SSSR count). The van der Waals surface area contributed by atoms with E-state index in [1.165, 1.54) is 31.5 Å². The Balaban J connectivity index is 1.74. The van der Waals surface area contributed by atoms with Gasteiger partial charge in [0.05, 0.1) is 12.7 Å². The second kappa shape index (κ2) is 8.59. The van der Waals surface area contributed by atoms with Crippen LogP contribution in [0.25, 0.3) is 0 Å². The fourth-order valence-corrected chi connectivity index (χ4v) is 2.46. The Morgan fingerprint density at radius 2 is 1.50 bits per heavy atom. The number of amides is 2. The number of ether oxygens (including phenoxy) is 1. The Morgan fingerprint density at radius 3 is 2.25 bits per heavy atom. The summed E-state index contributed by atoms with van der Waals surface area (Å²) in [4.78, 5) is 40.5. The number of anilines is 2. The van der Waals surface area contributed by atoms with Gasteiger partial charge in [0.15, 0.2) is 0 Å². The molecule has 0 bridgehead atoms. The average molecular weight is 375 g/mol. The smallest absolute Gasteiger partial charge is 0.337 e. The molecule has 0 spiro atoms. The van der Waals surface area contributed by atoms with E-state index in [1.54, 1.807) is 30.3 Å². The molecule has 0 saturated heterocycles. The van der Waals surface area contributed by atoms with Crippen LogP contribution in [0.3, 0.4) is 0 Å². The maximum atomic E-state index is 12.5. The predicted molar refractivity (Wildman–Crippen MR) is 104 cm³/mol. The summed E-state index contributed by atoms with van der Waals surface area (Å²) in [6.07, 6.45) is 1.39. The highest BCUT2D eigenvalue weighted by Gasteiger charge is 2.13. The highest BCUT2D eigenvalue weighted by atomic mass is 16.5. The van der Waals surface area contributed by atoms with Crippen molar-refractivity contribution in [3.05, 3.63) is 89.7 Å². The fraction of sp³-hybridized carbons (Fsp3) is 0.0476. The van der Waals surface area contributed by atoms with Crippen molar-refractivity contribution >= 4 is 29.2 Å². The standard InChI is InChI=1S/C21H17N3O4/c1-28-21(27)15-6-5-9-17(12-15)24-20(26)18-13-14(10-11-22-18)19(25)23-16-7-3-2-4-8-16/h2-13H,1H3,(H,23,25)(H,24,26). The molecular weight excluding hydrogens is 358 g/mol. The first-order chi connectivity index (χ1) is 13.6. The molecule has 28 heavy (non-hydrogen) atoms. The third kappa shape index (κ3) is 4.59. The minimum Gasteiger partial charge on any atom is -0.465 e. The first-order valence-corrected chi connectivity index (χ1v) is 8.39. The van der Waals surface area contributed by atoms with Crippen molar-refractivity contribution in [3.8, 4) is 0 Å². The van der Waals surface area contributed by atoms with Crippen LogP contribution in [0.1, 0.15) is 31.2 Å². The number of methoxy groups -OCH3 is 1. The zero-order chi connectivity index (χ0) is 19.9. The molecule has 0 unspecified atom stereocenters. The number of pyridine rings is 1. The topological polar surface area (TPSA) is 97.4 Å². The molecule has 140 valence electrons. The lowest BCUT2D eigenvalue weighted by atomic mass is 10.2. The SMILES string of the molecule is COC(=O)c1cccc(NC(=O)c2cc(C(=O)Nc3ccccc3)ccn2)c1. The minimum absolute atomic E-state index is 0.0733. The number of hydrogen-bond donors (Lipinski definition) is 2. The molecule has 0 aliphatic heterocycles. The van der Waals surface area contributed by atoms with Crippen LogP contribution in [-0.2, 0) is 4.74 Å². The number of nitrogens with one attached hydrogen (secondary N) is 2. The van der Waals surface area contributed by atoms with Gasteiger partial charge in [0.25, 0.3) is 11.8 Å². The van der Waals surface area contributed by atoms with Gasteiger partial charge in [-0.15, -0.1) is 0 Å². The van der Waals surface area contributed by atoms with Crippen LogP contribution in [-0.4, -0.2) is 29.9 Å². The molecule has 0 saturated carbocycles. The lowest BCUT2D eigenvalue weighted by Crippen LogP contribution is -2.17. The molecule has 0 fully saturated rings. The second-order valence-electron chi connectivity index (χ2n) is 5.78. The molecule has 2 N–H and O–H groups in total. The van der Waals surface area contributed by atoms with Gasteiger partial charge in [0.1, 0.15) is 5.69 Å². The maximum absolute atomic E-state index is 12.5. The normalized spacial score (nSPS) is 10.0. The second-order valence-corrected chi connectivity index (χ2v) is 5.78. The van der Waals surface area contributed by atoms with E-state index in [-0.39, 0.29) is 11.6 Å². The molecule has 7 heteroatoms. The van der Waals surface area contributed by atoms with E-state index in [0.29, 0.717) is 22.5 Å². The summed E-state index contributed by atoms with van der Waals surface area (Å²) in [5.74, 6) is -1.36. The fourth-order valence-electron chi connectivity index (χ4n) is 2.46. The molecular formula is C21H17N3O4. The average Bonchev–Trinajstić information content (AvgIpc) is 2.74. The number of carbonyl (C=O) groups is 3. The highest BCUT2D eigenvalue weighted by Crippen LogP contribution is 2.14. The molecule has 2 aromatic carbocycles. The van der Waals surface area contributed by atoms with E-state index >= 15 is 0 Å². The summed E-state index contributed by atoms with van der Waals surface area (Å²) < 4.78 is 4.66. The molecule has 0 atom stereocenters. The quantitative estimate of drug-likeness (QED) is 0.667. The Labute approximate surface area is 161 Å². The van der Waals surface area contributed by atoms with Gasteiger partial charge < -0.3 is 15.4 Å². The summed E-state index contributed by atoms with van der Waals surface area (Å²) >= 11 is 0. The first-order valence-electron chi connectivity index (χ1n) is 8.39. The van der Waals surface area contributed by atoms with Gasteiger partial charge in [-0.05, 0) is 42.5 Å². The van der Waals surface area contributed by atoms with Crippen LogP contribution in [0.4, 0.5) is 11.4 Å². The summed E-state index contributed by atoms with van der Waals surface area (Å²) in [5, 5.41) is 5.40.